The van der Waals surface area contributed by atoms with Crippen LogP contribution in [-0.4, -0.2) is 27.3 Å². The predicted molar refractivity (Wildman–Crippen MR) is 95.7 cm³/mol. The summed E-state index contributed by atoms with van der Waals surface area (Å²) in [6, 6.07) is 5.01. The van der Waals surface area contributed by atoms with E-state index in [4.69, 9.17) is 4.74 Å². The number of amides is 1. The number of hydrogen-bond acceptors (Lipinski definition) is 3. The van der Waals surface area contributed by atoms with E-state index in [9.17, 15) is 9.18 Å². The molecule has 1 aromatic heterocycles. The zero-order valence-corrected chi connectivity index (χ0v) is 16.1. The summed E-state index contributed by atoms with van der Waals surface area (Å²) in [6.45, 7) is 8.27. The third-order valence-electron chi connectivity index (χ3n) is 3.17. The number of carbonyl (C=O) groups is 1. The maximum atomic E-state index is 14.2. The molecular formula is C17H23BrFN3O2. The molecule has 7 heteroatoms. The molecule has 2 N–H and O–H groups in total. The average Bonchev–Trinajstić information content (AvgIpc) is 2.76. The van der Waals surface area contributed by atoms with E-state index in [1.807, 2.05) is 18.2 Å². The highest BCUT2D eigenvalue weighted by atomic mass is 79.9. The molecule has 1 atom stereocenters. The summed E-state index contributed by atoms with van der Waals surface area (Å²) in [6.07, 6.45) is -0.522. The zero-order valence-electron chi connectivity index (χ0n) is 14.5. The third kappa shape index (κ3) is 5.47. The number of aromatic nitrogens is 2. The van der Waals surface area contributed by atoms with Crippen molar-refractivity contribution in [2.75, 3.05) is 0 Å². The maximum Gasteiger partial charge on any atom is 0.408 e. The molecule has 0 saturated carbocycles. The SMILES string of the molecule is CC(C)(F)C[C@@H](NC(=O)OC(C)(C)C)c1nc2cc(Br)ccc2[nH]1. The Labute approximate surface area is 149 Å². The van der Waals surface area contributed by atoms with Gasteiger partial charge in [-0.05, 0) is 52.8 Å². The molecule has 0 bridgehead atoms. The Balaban J connectivity index is 2.28. The van der Waals surface area contributed by atoms with Gasteiger partial charge in [-0.25, -0.2) is 14.2 Å². The lowest BCUT2D eigenvalue weighted by Crippen LogP contribution is -2.37. The number of nitrogens with zero attached hydrogens (tertiary/aromatic N) is 1. The van der Waals surface area contributed by atoms with Crippen LogP contribution in [0.15, 0.2) is 22.7 Å². The van der Waals surface area contributed by atoms with Crippen LogP contribution in [0.4, 0.5) is 9.18 Å². The second-order valence-electron chi connectivity index (χ2n) is 7.41. The summed E-state index contributed by atoms with van der Waals surface area (Å²) in [5, 5.41) is 2.72. The number of nitrogens with one attached hydrogen (secondary N) is 2. The molecule has 0 aliphatic heterocycles. The number of ether oxygens (including phenoxy) is 1. The lowest BCUT2D eigenvalue weighted by Gasteiger charge is -2.25. The summed E-state index contributed by atoms with van der Waals surface area (Å²) in [5.74, 6) is 0.500. The molecule has 0 radical (unpaired) electrons. The van der Waals surface area contributed by atoms with Crippen molar-refractivity contribution in [1.29, 1.82) is 0 Å². The summed E-state index contributed by atoms with van der Waals surface area (Å²) in [5.41, 5.74) is -0.537. The normalized spacial score (nSPS) is 13.8. The Morgan fingerprint density at radius 2 is 2.04 bits per heavy atom. The fraction of sp³-hybridized carbons (Fsp3) is 0.529. The summed E-state index contributed by atoms with van der Waals surface area (Å²) < 4.78 is 20.4. The van der Waals surface area contributed by atoms with Crippen LogP contribution in [0.1, 0.15) is 52.9 Å². The van der Waals surface area contributed by atoms with Crippen LogP contribution in [-0.2, 0) is 4.74 Å². The monoisotopic (exact) mass is 399 g/mol. The fourth-order valence-corrected chi connectivity index (χ4v) is 2.66. The molecule has 0 aliphatic rings. The number of alkyl carbamates (subject to hydrolysis) is 1. The third-order valence-corrected chi connectivity index (χ3v) is 3.67. The van der Waals surface area contributed by atoms with Gasteiger partial charge >= 0.3 is 6.09 Å². The first kappa shape index (κ1) is 18.7. The van der Waals surface area contributed by atoms with E-state index in [0.29, 0.717) is 5.82 Å². The number of H-pyrrole nitrogens is 1. The molecule has 5 nitrogen and oxygen atoms in total. The lowest BCUT2D eigenvalue weighted by molar-refractivity contribution is 0.0480. The number of halogens is 2. The van der Waals surface area contributed by atoms with E-state index < -0.39 is 23.4 Å². The molecule has 2 rings (SSSR count). The summed E-state index contributed by atoms with van der Waals surface area (Å²) in [7, 11) is 0. The molecule has 0 saturated heterocycles. The summed E-state index contributed by atoms with van der Waals surface area (Å²) >= 11 is 3.40. The van der Waals surface area contributed by atoms with Crippen LogP contribution in [0.25, 0.3) is 11.0 Å². The minimum absolute atomic E-state index is 0.0766. The van der Waals surface area contributed by atoms with Crippen LogP contribution >= 0.6 is 15.9 Å². The standard InChI is InChI=1S/C17H23BrFN3O2/c1-16(2,3)24-15(23)22-13(9-17(4,5)19)14-20-11-7-6-10(18)8-12(11)21-14/h6-8,13H,9H2,1-5H3,(H,20,21)(H,22,23)/t13-/m1/s1. The molecule has 0 unspecified atom stereocenters. The fourth-order valence-electron chi connectivity index (χ4n) is 2.32. The predicted octanol–water partition coefficient (Wildman–Crippen LogP) is 5.03. The molecule has 132 valence electrons. The average molecular weight is 400 g/mol. The Hall–Kier alpha value is -1.63. The Kier molecular flexibility index (Phi) is 5.22. The highest BCUT2D eigenvalue weighted by Crippen LogP contribution is 2.27. The van der Waals surface area contributed by atoms with E-state index >= 15 is 0 Å². The number of imidazole rings is 1. The number of aromatic amines is 1. The highest BCUT2D eigenvalue weighted by molar-refractivity contribution is 9.10. The van der Waals surface area contributed by atoms with Crippen molar-refractivity contribution >= 4 is 33.1 Å². The second kappa shape index (κ2) is 6.70. The molecule has 2 aromatic rings. The molecule has 1 amide bonds. The Bertz CT molecular complexity index is 731. The minimum atomic E-state index is -1.47. The van der Waals surface area contributed by atoms with E-state index in [1.165, 1.54) is 13.8 Å². The quantitative estimate of drug-likeness (QED) is 0.757. The topological polar surface area (TPSA) is 67.0 Å². The maximum absolute atomic E-state index is 14.2. The van der Waals surface area contributed by atoms with Crippen molar-refractivity contribution in [1.82, 2.24) is 15.3 Å². The van der Waals surface area contributed by atoms with Gasteiger partial charge in [0.05, 0.1) is 17.1 Å². The van der Waals surface area contributed by atoms with E-state index in [1.54, 1.807) is 20.8 Å². The zero-order chi connectivity index (χ0) is 18.1. The Morgan fingerprint density at radius 1 is 1.38 bits per heavy atom. The lowest BCUT2D eigenvalue weighted by atomic mass is 10.0. The van der Waals surface area contributed by atoms with Gasteiger partial charge in [-0.15, -0.1) is 0 Å². The van der Waals surface area contributed by atoms with Crippen molar-refractivity contribution < 1.29 is 13.9 Å². The molecule has 1 aromatic carbocycles. The largest absolute Gasteiger partial charge is 0.444 e. The first-order valence-corrected chi connectivity index (χ1v) is 8.56. The van der Waals surface area contributed by atoms with Gasteiger partial charge in [0.1, 0.15) is 17.1 Å². The number of rotatable bonds is 4. The molecule has 0 spiro atoms. The number of alkyl halides is 1. The van der Waals surface area contributed by atoms with Crippen molar-refractivity contribution in [3.05, 3.63) is 28.5 Å². The van der Waals surface area contributed by atoms with Crippen LogP contribution in [0, 0.1) is 0 Å². The van der Waals surface area contributed by atoms with Gasteiger partial charge in [-0.2, -0.15) is 0 Å². The smallest absolute Gasteiger partial charge is 0.408 e. The number of hydrogen-bond donors (Lipinski definition) is 2. The van der Waals surface area contributed by atoms with Gasteiger partial charge in [0.2, 0.25) is 0 Å². The highest BCUT2D eigenvalue weighted by Gasteiger charge is 2.29. The van der Waals surface area contributed by atoms with Crippen molar-refractivity contribution in [3.8, 4) is 0 Å². The van der Waals surface area contributed by atoms with Gasteiger partial charge in [-0.3, -0.25) is 0 Å². The number of fused-ring (bicyclic) bond motifs is 1. The van der Waals surface area contributed by atoms with Crippen molar-refractivity contribution in [2.45, 2.75) is 58.4 Å². The van der Waals surface area contributed by atoms with Gasteiger partial charge in [0.15, 0.2) is 0 Å². The van der Waals surface area contributed by atoms with E-state index in [0.717, 1.165) is 15.5 Å². The van der Waals surface area contributed by atoms with Crippen LogP contribution < -0.4 is 5.32 Å². The van der Waals surface area contributed by atoms with E-state index in [-0.39, 0.29) is 6.42 Å². The van der Waals surface area contributed by atoms with E-state index in [2.05, 4.69) is 31.2 Å². The Morgan fingerprint density at radius 3 is 2.62 bits per heavy atom. The number of benzene rings is 1. The molecule has 24 heavy (non-hydrogen) atoms. The van der Waals surface area contributed by atoms with Gasteiger partial charge in [0, 0.05) is 10.9 Å². The summed E-state index contributed by atoms with van der Waals surface area (Å²) in [4.78, 5) is 19.7. The second-order valence-corrected chi connectivity index (χ2v) is 8.32. The molecular weight excluding hydrogens is 377 g/mol. The minimum Gasteiger partial charge on any atom is -0.444 e. The van der Waals surface area contributed by atoms with Gasteiger partial charge < -0.3 is 15.0 Å². The van der Waals surface area contributed by atoms with Gasteiger partial charge in [0.25, 0.3) is 0 Å². The van der Waals surface area contributed by atoms with Crippen LogP contribution in [0.3, 0.4) is 0 Å². The van der Waals surface area contributed by atoms with Crippen LogP contribution in [0.2, 0.25) is 0 Å². The molecule has 1 heterocycles. The van der Waals surface area contributed by atoms with Crippen molar-refractivity contribution in [2.24, 2.45) is 0 Å². The number of carbonyl (C=O) groups excluding carboxylic acids is 1. The van der Waals surface area contributed by atoms with Crippen molar-refractivity contribution in [3.63, 3.8) is 0 Å². The molecule has 0 aliphatic carbocycles. The van der Waals surface area contributed by atoms with Gasteiger partial charge in [-0.1, -0.05) is 15.9 Å². The van der Waals surface area contributed by atoms with Crippen LogP contribution in [0.5, 0.6) is 0 Å². The molecule has 0 fully saturated rings. The first-order valence-electron chi connectivity index (χ1n) is 7.76. The first-order chi connectivity index (χ1) is 10.9.